The number of hydrogen-bond donors (Lipinski definition) is 2. The Bertz CT molecular complexity index is 393. The fourth-order valence-electron chi connectivity index (χ4n) is 1.73. The first kappa shape index (κ1) is 12.0. The second-order valence-corrected chi connectivity index (χ2v) is 5.10. The summed E-state index contributed by atoms with van der Waals surface area (Å²) in [7, 11) is 0. The summed E-state index contributed by atoms with van der Waals surface area (Å²) < 4.78 is 0. The largest absolute Gasteiger partial charge is 0.385 e. The number of anilines is 1. The zero-order valence-corrected chi connectivity index (χ0v) is 10.5. The summed E-state index contributed by atoms with van der Waals surface area (Å²) in [5.41, 5.74) is 2.15. The van der Waals surface area contributed by atoms with E-state index in [9.17, 15) is 4.79 Å². The first-order valence-corrected chi connectivity index (χ1v) is 6.25. The predicted octanol–water partition coefficient (Wildman–Crippen LogP) is 2.65. The van der Waals surface area contributed by atoms with Gasteiger partial charge in [-0.3, -0.25) is 4.79 Å². The average molecular weight is 232 g/mol. The smallest absolute Gasteiger partial charge is 0.251 e. The molecule has 0 radical (unpaired) electrons. The lowest BCUT2D eigenvalue weighted by Crippen LogP contribution is -2.28. The highest BCUT2D eigenvalue weighted by atomic mass is 16.1. The Morgan fingerprint density at radius 2 is 1.94 bits per heavy atom. The fraction of sp³-hybridized carbons (Fsp3) is 0.500. The van der Waals surface area contributed by atoms with Gasteiger partial charge in [-0.25, -0.2) is 0 Å². The second-order valence-electron chi connectivity index (χ2n) is 5.10. The molecule has 3 heteroatoms. The number of carbonyl (C=O) groups is 1. The molecule has 1 aromatic rings. The van der Waals surface area contributed by atoms with Gasteiger partial charge in [0.05, 0.1) is 0 Å². The Kier molecular flexibility index (Phi) is 3.36. The summed E-state index contributed by atoms with van der Waals surface area (Å²) in [4.78, 5) is 11.9. The minimum Gasteiger partial charge on any atom is -0.385 e. The summed E-state index contributed by atoms with van der Waals surface area (Å²) in [5.74, 6) is 0.0289. The number of amides is 1. The minimum atomic E-state index is 0.0289. The Balaban J connectivity index is 1.89. The van der Waals surface area contributed by atoms with Crippen LogP contribution >= 0.6 is 0 Å². The first-order valence-electron chi connectivity index (χ1n) is 6.25. The molecule has 1 aromatic carbocycles. The molecule has 2 N–H and O–H groups in total. The number of rotatable bonds is 5. The number of benzene rings is 1. The summed E-state index contributed by atoms with van der Waals surface area (Å²) in [6.07, 6.45) is 2.46. The lowest BCUT2D eigenvalue weighted by molar-refractivity contribution is 0.0946. The van der Waals surface area contributed by atoms with E-state index < -0.39 is 0 Å². The maximum atomic E-state index is 11.9. The van der Waals surface area contributed by atoms with Gasteiger partial charge in [-0.15, -0.1) is 0 Å². The molecule has 3 nitrogen and oxygen atoms in total. The molecule has 17 heavy (non-hydrogen) atoms. The van der Waals surface area contributed by atoms with E-state index in [-0.39, 0.29) is 5.91 Å². The van der Waals surface area contributed by atoms with Gasteiger partial charge in [-0.1, -0.05) is 6.92 Å². The molecule has 0 bridgehead atoms. The van der Waals surface area contributed by atoms with Gasteiger partial charge in [0.1, 0.15) is 0 Å². The van der Waals surface area contributed by atoms with Crippen LogP contribution in [0.1, 0.15) is 37.0 Å². The van der Waals surface area contributed by atoms with Crippen LogP contribution < -0.4 is 10.6 Å². The SMILES string of the molecule is CCNc1ccc(C(=O)NCC2(C)CC2)cc1. The minimum absolute atomic E-state index is 0.0289. The zero-order valence-electron chi connectivity index (χ0n) is 10.5. The monoisotopic (exact) mass is 232 g/mol. The molecule has 1 saturated carbocycles. The van der Waals surface area contributed by atoms with Crippen LogP contribution in [0.5, 0.6) is 0 Å². The number of nitrogens with one attached hydrogen (secondary N) is 2. The summed E-state index contributed by atoms with van der Waals surface area (Å²) in [6, 6.07) is 7.61. The molecule has 0 aromatic heterocycles. The molecule has 0 unspecified atom stereocenters. The second kappa shape index (κ2) is 4.78. The molecule has 0 saturated heterocycles. The van der Waals surface area contributed by atoms with Crippen LogP contribution in [0.3, 0.4) is 0 Å². The fourth-order valence-corrected chi connectivity index (χ4v) is 1.73. The summed E-state index contributed by atoms with van der Waals surface area (Å²) in [6.45, 7) is 5.95. The van der Waals surface area contributed by atoms with Crippen LogP contribution in [0.25, 0.3) is 0 Å². The van der Waals surface area contributed by atoms with Crippen molar-refractivity contribution in [2.45, 2.75) is 26.7 Å². The van der Waals surface area contributed by atoms with Gasteiger partial charge >= 0.3 is 0 Å². The third kappa shape index (κ3) is 3.22. The van der Waals surface area contributed by atoms with Crippen molar-refractivity contribution in [1.29, 1.82) is 0 Å². The van der Waals surface area contributed by atoms with Gasteiger partial charge in [-0.05, 0) is 49.4 Å². The van der Waals surface area contributed by atoms with E-state index in [2.05, 4.69) is 24.5 Å². The molecule has 0 heterocycles. The van der Waals surface area contributed by atoms with Crippen LogP contribution in [0.2, 0.25) is 0 Å². The Labute approximate surface area is 103 Å². The highest BCUT2D eigenvalue weighted by molar-refractivity contribution is 5.94. The van der Waals surface area contributed by atoms with E-state index in [4.69, 9.17) is 0 Å². The standard InChI is InChI=1S/C14H20N2O/c1-3-15-12-6-4-11(5-7-12)13(17)16-10-14(2)8-9-14/h4-7,15H,3,8-10H2,1-2H3,(H,16,17). The van der Waals surface area contributed by atoms with Gasteiger partial charge in [0.25, 0.3) is 5.91 Å². The Morgan fingerprint density at radius 1 is 1.29 bits per heavy atom. The third-order valence-electron chi connectivity index (χ3n) is 3.31. The van der Waals surface area contributed by atoms with Gasteiger partial charge in [0, 0.05) is 24.3 Å². The normalized spacial score (nSPS) is 16.4. The Hall–Kier alpha value is -1.51. The van der Waals surface area contributed by atoms with Crippen molar-refractivity contribution < 1.29 is 4.79 Å². The van der Waals surface area contributed by atoms with E-state index in [1.807, 2.05) is 24.3 Å². The van der Waals surface area contributed by atoms with E-state index >= 15 is 0 Å². The quantitative estimate of drug-likeness (QED) is 0.819. The van der Waals surface area contributed by atoms with Gasteiger partial charge in [0.2, 0.25) is 0 Å². The lowest BCUT2D eigenvalue weighted by atomic mass is 10.1. The maximum absolute atomic E-state index is 11.9. The molecule has 92 valence electrons. The van der Waals surface area contributed by atoms with E-state index in [1.54, 1.807) is 0 Å². The molecule has 1 amide bonds. The first-order chi connectivity index (χ1) is 8.13. The molecular weight excluding hydrogens is 212 g/mol. The highest BCUT2D eigenvalue weighted by Crippen LogP contribution is 2.44. The average Bonchev–Trinajstić information content (AvgIpc) is 3.06. The molecule has 1 fully saturated rings. The number of carbonyl (C=O) groups excluding carboxylic acids is 1. The van der Waals surface area contributed by atoms with Crippen molar-refractivity contribution in [3.63, 3.8) is 0 Å². The van der Waals surface area contributed by atoms with Crippen LogP contribution in [-0.2, 0) is 0 Å². The van der Waals surface area contributed by atoms with Crippen LogP contribution in [0, 0.1) is 5.41 Å². The van der Waals surface area contributed by atoms with Crippen LogP contribution in [0.15, 0.2) is 24.3 Å². The molecular formula is C14H20N2O. The van der Waals surface area contributed by atoms with Crippen molar-refractivity contribution in [1.82, 2.24) is 5.32 Å². The van der Waals surface area contributed by atoms with Crippen molar-refractivity contribution in [3.05, 3.63) is 29.8 Å². The van der Waals surface area contributed by atoms with E-state index in [0.717, 1.165) is 24.3 Å². The van der Waals surface area contributed by atoms with E-state index in [0.29, 0.717) is 5.41 Å². The predicted molar refractivity (Wildman–Crippen MR) is 70.3 cm³/mol. The molecule has 2 rings (SSSR count). The van der Waals surface area contributed by atoms with E-state index in [1.165, 1.54) is 12.8 Å². The molecule has 0 aliphatic heterocycles. The van der Waals surface area contributed by atoms with Crippen molar-refractivity contribution >= 4 is 11.6 Å². The summed E-state index contributed by atoms with van der Waals surface area (Å²) >= 11 is 0. The third-order valence-corrected chi connectivity index (χ3v) is 3.31. The Morgan fingerprint density at radius 3 is 2.47 bits per heavy atom. The van der Waals surface area contributed by atoms with Gasteiger partial charge in [-0.2, -0.15) is 0 Å². The zero-order chi connectivity index (χ0) is 12.3. The molecule has 1 aliphatic rings. The van der Waals surface area contributed by atoms with Gasteiger partial charge in [0.15, 0.2) is 0 Å². The maximum Gasteiger partial charge on any atom is 0.251 e. The van der Waals surface area contributed by atoms with Crippen molar-refractivity contribution in [2.24, 2.45) is 5.41 Å². The van der Waals surface area contributed by atoms with Crippen molar-refractivity contribution in [3.8, 4) is 0 Å². The molecule has 1 aliphatic carbocycles. The van der Waals surface area contributed by atoms with Crippen LogP contribution in [0.4, 0.5) is 5.69 Å². The van der Waals surface area contributed by atoms with Gasteiger partial charge < -0.3 is 10.6 Å². The van der Waals surface area contributed by atoms with Crippen molar-refractivity contribution in [2.75, 3.05) is 18.4 Å². The molecule has 0 atom stereocenters. The number of hydrogen-bond acceptors (Lipinski definition) is 2. The summed E-state index contributed by atoms with van der Waals surface area (Å²) in [5, 5.41) is 6.20. The molecule has 0 spiro atoms. The highest BCUT2D eigenvalue weighted by Gasteiger charge is 2.37. The topological polar surface area (TPSA) is 41.1 Å². The van der Waals surface area contributed by atoms with Crippen LogP contribution in [-0.4, -0.2) is 19.0 Å². The lowest BCUT2D eigenvalue weighted by Gasteiger charge is -2.10.